The molecule has 0 aromatic heterocycles. The molecular formula is C17H18ClN3O2. The van der Waals surface area contributed by atoms with Crippen LogP contribution < -0.4 is 5.32 Å². The van der Waals surface area contributed by atoms with Crippen LogP contribution in [0.15, 0.2) is 42.2 Å². The van der Waals surface area contributed by atoms with Crippen LogP contribution in [-0.4, -0.2) is 28.0 Å². The molecule has 0 bridgehead atoms. The number of nitriles is 1. The molecule has 1 aromatic rings. The van der Waals surface area contributed by atoms with E-state index in [4.69, 9.17) is 16.9 Å². The molecule has 23 heavy (non-hydrogen) atoms. The van der Waals surface area contributed by atoms with Crippen molar-refractivity contribution < 1.29 is 9.90 Å². The summed E-state index contributed by atoms with van der Waals surface area (Å²) in [4.78, 5) is 13.9. The molecule has 0 unspecified atom stereocenters. The molecule has 0 spiro atoms. The van der Waals surface area contributed by atoms with E-state index in [0.29, 0.717) is 17.8 Å². The van der Waals surface area contributed by atoms with Crippen LogP contribution in [0.1, 0.15) is 19.4 Å². The Morgan fingerprint density at radius 2 is 2.26 bits per heavy atom. The first kappa shape index (κ1) is 16.9. The monoisotopic (exact) mass is 331 g/mol. The van der Waals surface area contributed by atoms with Gasteiger partial charge in [0.25, 0.3) is 0 Å². The molecule has 2 rings (SSSR count). The number of aromatic hydroxyl groups is 1. The number of phenols is 1. The number of carbonyl (C=O) groups is 1. The van der Waals surface area contributed by atoms with Crippen molar-refractivity contribution in [3.63, 3.8) is 0 Å². The molecular weight excluding hydrogens is 314 g/mol. The van der Waals surface area contributed by atoms with Crippen molar-refractivity contribution >= 4 is 17.5 Å². The summed E-state index contributed by atoms with van der Waals surface area (Å²) in [6, 6.07) is 6.96. The number of halogens is 1. The number of hydrogen-bond acceptors (Lipinski definition) is 4. The summed E-state index contributed by atoms with van der Waals surface area (Å²) < 4.78 is 0. The molecule has 6 heteroatoms. The average molecular weight is 332 g/mol. The molecule has 1 heterocycles. The summed E-state index contributed by atoms with van der Waals surface area (Å²) in [6.07, 6.45) is 5.56. The molecule has 0 atom stereocenters. The van der Waals surface area contributed by atoms with Crippen LogP contribution in [0.2, 0.25) is 5.02 Å². The molecule has 0 saturated heterocycles. The van der Waals surface area contributed by atoms with E-state index in [1.54, 1.807) is 24.4 Å². The Hall–Kier alpha value is -2.45. The molecule has 1 aliphatic heterocycles. The van der Waals surface area contributed by atoms with Crippen LogP contribution in [-0.2, 0) is 11.2 Å². The minimum absolute atomic E-state index is 0.0388. The summed E-state index contributed by atoms with van der Waals surface area (Å²) in [5, 5.41) is 21.7. The number of amides is 1. The van der Waals surface area contributed by atoms with Gasteiger partial charge in [-0.25, -0.2) is 0 Å². The van der Waals surface area contributed by atoms with E-state index in [-0.39, 0.29) is 23.1 Å². The lowest BCUT2D eigenvalue weighted by molar-refractivity contribution is -0.119. The maximum absolute atomic E-state index is 12.0. The summed E-state index contributed by atoms with van der Waals surface area (Å²) >= 11 is 5.74. The van der Waals surface area contributed by atoms with Crippen LogP contribution in [0.4, 0.5) is 0 Å². The Balaban J connectivity index is 1.93. The fourth-order valence-corrected chi connectivity index (χ4v) is 2.24. The number of nitrogens with one attached hydrogen (secondary N) is 1. The lowest BCUT2D eigenvalue weighted by Crippen LogP contribution is -2.40. The fourth-order valence-electron chi connectivity index (χ4n) is 2.13. The fraction of sp³-hybridized carbons (Fsp3) is 0.294. The second-order valence-electron chi connectivity index (χ2n) is 5.81. The number of benzene rings is 1. The van der Waals surface area contributed by atoms with Crippen molar-refractivity contribution in [3.8, 4) is 11.8 Å². The van der Waals surface area contributed by atoms with Gasteiger partial charge in [0.05, 0.1) is 17.5 Å². The Kier molecular flexibility index (Phi) is 4.97. The van der Waals surface area contributed by atoms with Crippen molar-refractivity contribution in [1.29, 1.82) is 5.26 Å². The minimum Gasteiger partial charge on any atom is -0.506 e. The highest BCUT2D eigenvalue weighted by atomic mass is 35.5. The number of rotatable bonds is 4. The zero-order chi connectivity index (χ0) is 17.0. The van der Waals surface area contributed by atoms with Crippen LogP contribution in [0.3, 0.4) is 0 Å². The number of phenolic OH excluding ortho intramolecular Hbond substituents is 1. The number of carbonyl (C=O) groups excluding carboxylic acids is 1. The van der Waals surface area contributed by atoms with Crippen LogP contribution in [0.5, 0.6) is 5.75 Å². The Morgan fingerprint density at radius 3 is 2.83 bits per heavy atom. The predicted octanol–water partition coefficient (Wildman–Crippen LogP) is 2.72. The summed E-state index contributed by atoms with van der Waals surface area (Å²) in [7, 11) is 0. The molecule has 0 fully saturated rings. The third-order valence-corrected chi connectivity index (χ3v) is 3.91. The number of hydrogen-bond donors (Lipinski definition) is 2. The molecule has 0 saturated carbocycles. The molecule has 1 aromatic carbocycles. The van der Waals surface area contributed by atoms with E-state index >= 15 is 0 Å². The number of nitrogens with zero attached hydrogens (tertiary/aromatic N) is 2. The second-order valence-corrected chi connectivity index (χ2v) is 6.22. The van der Waals surface area contributed by atoms with Crippen LogP contribution in [0, 0.1) is 11.3 Å². The van der Waals surface area contributed by atoms with Crippen LogP contribution in [0.25, 0.3) is 0 Å². The van der Waals surface area contributed by atoms with Gasteiger partial charge in [-0.1, -0.05) is 17.7 Å². The van der Waals surface area contributed by atoms with Crippen molar-refractivity contribution in [1.82, 2.24) is 10.2 Å². The van der Waals surface area contributed by atoms with Crippen molar-refractivity contribution in [2.75, 3.05) is 6.54 Å². The van der Waals surface area contributed by atoms with Gasteiger partial charge in [0.2, 0.25) is 5.91 Å². The van der Waals surface area contributed by atoms with Crippen LogP contribution >= 0.6 is 11.6 Å². The average Bonchev–Trinajstić information content (AvgIpc) is 2.51. The lowest BCUT2D eigenvalue weighted by Gasteiger charge is -2.33. The van der Waals surface area contributed by atoms with Gasteiger partial charge in [0, 0.05) is 18.4 Å². The van der Waals surface area contributed by atoms with Gasteiger partial charge >= 0.3 is 0 Å². The standard InChI is InChI=1S/C17H18ClN3O2/c1-17(2,11-19)21-7-5-13(6-8-21)20-16(23)10-12-3-4-14(18)15(22)9-12/h3-7,9,22H,8,10H2,1-2H3,(H,20,23). The van der Waals surface area contributed by atoms with Crippen molar-refractivity contribution in [3.05, 3.63) is 52.8 Å². The lowest BCUT2D eigenvalue weighted by atomic mass is 10.0. The Morgan fingerprint density at radius 1 is 1.52 bits per heavy atom. The number of allylic oxidation sites excluding steroid dienone is 1. The summed E-state index contributed by atoms with van der Waals surface area (Å²) in [5.74, 6) is -0.223. The minimum atomic E-state index is -0.594. The van der Waals surface area contributed by atoms with Gasteiger partial charge < -0.3 is 15.3 Å². The first-order valence-corrected chi connectivity index (χ1v) is 7.53. The molecule has 2 N–H and O–H groups in total. The molecule has 1 amide bonds. The molecule has 120 valence electrons. The van der Waals surface area contributed by atoms with Gasteiger partial charge in [0.1, 0.15) is 11.3 Å². The predicted molar refractivity (Wildman–Crippen MR) is 88.6 cm³/mol. The molecule has 1 aliphatic rings. The third kappa shape index (κ3) is 4.27. The highest BCUT2D eigenvalue weighted by Gasteiger charge is 2.24. The first-order valence-electron chi connectivity index (χ1n) is 7.15. The molecule has 5 nitrogen and oxygen atoms in total. The smallest absolute Gasteiger partial charge is 0.228 e. The van der Waals surface area contributed by atoms with Crippen molar-refractivity contribution in [2.24, 2.45) is 0 Å². The van der Waals surface area contributed by atoms with Gasteiger partial charge in [0.15, 0.2) is 0 Å². The zero-order valence-corrected chi connectivity index (χ0v) is 13.8. The first-order chi connectivity index (χ1) is 10.8. The molecule has 0 aliphatic carbocycles. The maximum Gasteiger partial charge on any atom is 0.228 e. The van der Waals surface area contributed by atoms with E-state index in [2.05, 4.69) is 11.4 Å². The summed E-state index contributed by atoms with van der Waals surface area (Å²) in [5.41, 5.74) is 0.777. The molecule has 0 radical (unpaired) electrons. The van der Waals surface area contributed by atoms with Gasteiger partial charge in [-0.2, -0.15) is 5.26 Å². The highest BCUT2D eigenvalue weighted by molar-refractivity contribution is 6.32. The van der Waals surface area contributed by atoms with E-state index < -0.39 is 5.54 Å². The third-order valence-electron chi connectivity index (χ3n) is 3.59. The van der Waals surface area contributed by atoms with Crippen molar-refractivity contribution in [2.45, 2.75) is 25.8 Å². The van der Waals surface area contributed by atoms with E-state index in [1.807, 2.05) is 24.8 Å². The maximum atomic E-state index is 12.0. The second kappa shape index (κ2) is 6.76. The normalized spacial score (nSPS) is 14.2. The van der Waals surface area contributed by atoms with Gasteiger partial charge in [-0.05, 0) is 43.7 Å². The topological polar surface area (TPSA) is 76.4 Å². The van der Waals surface area contributed by atoms with E-state index in [1.165, 1.54) is 6.07 Å². The van der Waals surface area contributed by atoms with Gasteiger partial charge in [-0.3, -0.25) is 4.79 Å². The zero-order valence-electron chi connectivity index (χ0n) is 13.0. The Bertz CT molecular complexity index is 717. The largest absolute Gasteiger partial charge is 0.506 e. The van der Waals surface area contributed by atoms with E-state index in [9.17, 15) is 9.90 Å². The van der Waals surface area contributed by atoms with Gasteiger partial charge in [-0.15, -0.1) is 0 Å². The highest BCUT2D eigenvalue weighted by Crippen LogP contribution is 2.24. The Labute approximate surface area is 140 Å². The SMILES string of the molecule is CC(C)(C#N)N1C=CC(NC(=O)Cc2ccc(Cl)c(O)c2)=CC1. The van der Waals surface area contributed by atoms with E-state index in [0.717, 1.165) is 0 Å². The summed E-state index contributed by atoms with van der Waals surface area (Å²) in [6.45, 7) is 4.22. The quantitative estimate of drug-likeness (QED) is 0.889.